The summed E-state index contributed by atoms with van der Waals surface area (Å²) in [5.41, 5.74) is 1.47. The minimum atomic E-state index is -0.177. The fourth-order valence-electron chi connectivity index (χ4n) is 2.13. The molecule has 18 heavy (non-hydrogen) atoms. The molecule has 0 saturated carbocycles. The maximum absolute atomic E-state index is 12.3. The minimum absolute atomic E-state index is 0.152. The molecule has 0 radical (unpaired) electrons. The van der Waals surface area contributed by atoms with E-state index in [9.17, 15) is 9.59 Å². The first kappa shape index (κ1) is 10.9. The van der Waals surface area contributed by atoms with Gasteiger partial charge in [0, 0.05) is 17.0 Å². The number of carbonyl (C=O) groups excluding carboxylic acids is 2. The summed E-state index contributed by atoms with van der Waals surface area (Å²) in [5, 5.41) is 0. The number of imidazole rings is 1. The molecule has 0 aliphatic heterocycles. The molecule has 0 amide bonds. The van der Waals surface area contributed by atoms with Gasteiger partial charge in [-0.15, -0.1) is 0 Å². The highest BCUT2D eigenvalue weighted by atomic mass is 16.1. The van der Waals surface area contributed by atoms with Gasteiger partial charge in [-0.2, -0.15) is 0 Å². The second kappa shape index (κ2) is 3.63. The van der Waals surface area contributed by atoms with Crippen LogP contribution in [0.15, 0.2) is 24.3 Å². The molecule has 90 valence electrons. The normalized spacial score (nSPS) is 13.7. The third-order valence-corrected chi connectivity index (χ3v) is 3.13. The third-order valence-electron chi connectivity index (χ3n) is 3.13. The second-order valence-corrected chi connectivity index (χ2v) is 4.70. The van der Waals surface area contributed by atoms with Gasteiger partial charge in [0.2, 0.25) is 11.6 Å². The van der Waals surface area contributed by atoms with E-state index >= 15 is 0 Å². The van der Waals surface area contributed by atoms with E-state index in [4.69, 9.17) is 0 Å². The Labute approximate surface area is 104 Å². The highest BCUT2D eigenvalue weighted by Crippen LogP contribution is 2.26. The Hall–Kier alpha value is -2.23. The molecule has 1 aliphatic carbocycles. The van der Waals surface area contributed by atoms with Crippen molar-refractivity contribution in [2.75, 3.05) is 0 Å². The molecule has 1 aromatic heterocycles. The van der Waals surface area contributed by atoms with Crippen LogP contribution in [0.3, 0.4) is 0 Å². The molecule has 1 aliphatic rings. The number of nitrogens with one attached hydrogen (secondary N) is 1. The summed E-state index contributed by atoms with van der Waals surface area (Å²) < 4.78 is 0. The summed E-state index contributed by atoms with van der Waals surface area (Å²) in [6.45, 7) is 3.93. The van der Waals surface area contributed by atoms with Crippen LogP contribution < -0.4 is 0 Å². The van der Waals surface area contributed by atoms with Gasteiger partial charge in [-0.3, -0.25) is 9.59 Å². The summed E-state index contributed by atoms with van der Waals surface area (Å²) in [4.78, 5) is 31.7. The van der Waals surface area contributed by atoms with Gasteiger partial charge in [0.25, 0.3) is 0 Å². The fraction of sp³-hybridized carbons (Fsp3) is 0.214. The monoisotopic (exact) mass is 240 g/mol. The maximum atomic E-state index is 12.3. The first-order valence-corrected chi connectivity index (χ1v) is 5.88. The van der Waals surface area contributed by atoms with E-state index in [-0.39, 0.29) is 23.2 Å². The van der Waals surface area contributed by atoms with Crippen molar-refractivity contribution >= 4 is 11.6 Å². The van der Waals surface area contributed by atoms with Crippen LogP contribution in [0, 0.1) is 0 Å². The largest absolute Gasteiger partial charge is 0.338 e. The minimum Gasteiger partial charge on any atom is -0.338 e. The number of benzene rings is 1. The first-order chi connectivity index (χ1) is 8.59. The van der Waals surface area contributed by atoms with Gasteiger partial charge in [0.1, 0.15) is 17.2 Å². The van der Waals surface area contributed by atoms with Gasteiger partial charge < -0.3 is 4.98 Å². The lowest BCUT2D eigenvalue weighted by atomic mass is 9.90. The van der Waals surface area contributed by atoms with Crippen molar-refractivity contribution in [3.8, 4) is 0 Å². The maximum Gasteiger partial charge on any atom is 0.214 e. The third kappa shape index (κ3) is 1.35. The number of ketones is 2. The highest BCUT2D eigenvalue weighted by Gasteiger charge is 2.33. The van der Waals surface area contributed by atoms with E-state index in [0.717, 1.165) is 0 Å². The SMILES string of the molecule is CC(C)c1nc2c([nH]1)C(=O)c1ccccc1C2=O. The predicted octanol–water partition coefficient (Wildman–Crippen LogP) is 2.31. The van der Waals surface area contributed by atoms with Crippen LogP contribution in [0.5, 0.6) is 0 Å². The quantitative estimate of drug-likeness (QED) is 0.710. The molecule has 0 bridgehead atoms. The number of hydrogen-bond acceptors (Lipinski definition) is 3. The van der Waals surface area contributed by atoms with E-state index < -0.39 is 0 Å². The number of fused-ring (bicyclic) bond motifs is 2. The van der Waals surface area contributed by atoms with Gasteiger partial charge in [0.05, 0.1) is 0 Å². The molecule has 3 rings (SSSR count). The zero-order valence-electron chi connectivity index (χ0n) is 10.2. The van der Waals surface area contributed by atoms with E-state index in [0.29, 0.717) is 22.6 Å². The topological polar surface area (TPSA) is 62.8 Å². The standard InChI is InChI=1S/C14H12N2O2/c1-7(2)14-15-10-11(16-14)13(18)9-6-4-3-5-8(9)12(10)17/h3-7H,1-2H3,(H,15,16). The molecule has 1 N–H and O–H groups in total. The van der Waals surface area contributed by atoms with Crippen molar-refractivity contribution in [1.29, 1.82) is 0 Å². The van der Waals surface area contributed by atoms with Crippen molar-refractivity contribution in [3.05, 3.63) is 52.6 Å². The lowest BCUT2D eigenvalue weighted by Crippen LogP contribution is -2.20. The number of carbonyl (C=O) groups is 2. The number of aromatic nitrogens is 2. The van der Waals surface area contributed by atoms with Crippen molar-refractivity contribution in [3.63, 3.8) is 0 Å². The van der Waals surface area contributed by atoms with Gasteiger partial charge in [-0.1, -0.05) is 38.1 Å². The van der Waals surface area contributed by atoms with Crippen LogP contribution in [-0.2, 0) is 0 Å². The van der Waals surface area contributed by atoms with Gasteiger partial charge in [-0.05, 0) is 0 Å². The Balaban J connectivity index is 2.24. The number of aromatic amines is 1. The smallest absolute Gasteiger partial charge is 0.214 e. The highest BCUT2D eigenvalue weighted by molar-refractivity contribution is 6.27. The Morgan fingerprint density at radius 2 is 1.67 bits per heavy atom. The second-order valence-electron chi connectivity index (χ2n) is 4.70. The number of rotatable bonds is 1. The van der Waals surface area contributed by atoms with E-state index in [1.807, 2.05) is 13.8 Å². The molecule has 4 nitrogen and oxygen atoms in total. The average molecular weight is 240 g/mol. The molecule has 2 aromatic rings. The predicted molar refractivity (Wildman–Crippen MR) is 66.0 cm³/mol. The molecule has 0 atom stereocenters. The Kier molecular flexibility index (Phi) is 2.20. The van der Waals surface area contributed by atoms with E-state index in [2.05, 4.69) is 9.97 Å². The summed E-state index contributed by atoms with van der Waals surface area (Å²) in [6, 6.07) is 6.86. The lowest BCUT2D eigenvalue weighted by molar-refractivity contribution is 0.0974. The van der Waals surface area contributed by atoms with Gasteiger partial charge in [0.15, 0.2) is 0 Å². The molecule has 0 unspecified atom stereocenters. The number of H-pyrrole nitrogens is 1. The summed E-state index contributed by atoms with van der Waals surface area (Å²) in [6.07, 6.45) is 0. The fourth-order valence-corrected chi connectivity index (χ4v) is 2.13. The Morgan fingerprint density at radius 3 is 2.28 bits per heavy atom. The van der Waals surface area contributed by atoms with Crippen molar-refractivity contribution in [2.24, 2.45) is 0 Å². The number of hydrogen-bond donors (Lipinski definition) is 1. The first-order valence-electron chi connectivity index (χ1n) is 5.88. The van der Waals surface area contributed by atoms with Crippen molar-refractivity contribution < 1.29 is 9.59 Å². The summed E-state index contributed by atoms with van der Waals surface area (Å²) in [5.74, 6) is 0.497. The zero-order chi connectivity index (χ0) is 12.9. The molecular formula is C14H12N2O2. The van der Waals surface area contributed by atoms with Crippen LogP contribution in [0.25, 0.3) is 0 Å². The Morgan fingerprint density at radius 1 is 1.06 bits per heavy atom. The van der Waals surface area contributed by atoms with E-state index in [1.165, 1.54) is 0 Å². The zero-order valence-corrected chi connectivity index (χ0v) is 10.2. The molecule has 1 heterocycles. The summed E-state index contributed by atoms with van der Waals surface area (Å²) >= 11 is 0. The average Bonchev–Trinajstić information content (AvgIpc) is 2.81. The van der Waals surface area contributed by atoms with Crippen LogP contribution in [0.4, 0.5) is 0 Å². The molecule has 1 aromatic carbocycles. The van der Waals surface area contributed by atoms with Crippen molar-refractivity contribution in [1.82, 2.24) is 9.97 Å². The van der Waals surface area contributed by atoms with Crippen LogP contribution >= 0.6 is 0 Å². The number of nitrogens with zero attached hydrogens (tertiary/aromatic N) is 1. The molecule has 0 saturated heterocycles. The molecule has 0 fully saturated rings. The van der Waals surface area contributed by atoms with Gasteiger partial charge in [-0.25, -0.2) is 4.98 Å². The van der Waals surface area contributed by atoms with Gasteiger partial charge >= 0.3 is 0 Å². The van der Waals surface area contributed by atoms with Crippen molar-refractivity contribution in [2.45, 2.75) is 19.8 Å². The van der Waals surface area contributed by atoms with Crippen LogP contribution in [0.2, 0.25) is 0 Å². The van der Waals surface area contributed by atoms with E-state index in [1.54, 1.807) is 24.3 Å². The van der Waals surface area contributed by atoms with Crippen LogP contribution in [-0.4, -0.2) is 21.5 Å². The Bertz CT molecular complexity index is 616. The summed E-state index contributed by atoms with van der Waals surface area (Å²) in [7, 11) is 0. The lowest BCUT2D eigenvalue weighted by Gasteiger charge is -2.11. The molecular weight excluding hydrogens is 228 g/mol. The molecule has 0 spiro atoms. The molecule has 4 heteroatoms. The van der Waals surface area contributed by atoms with Crippen LogP contribution in [0.1, 0.15) is 57.7 Å².